The van der Waals surface area contributed by atoms with E-state index >= 15 is 0 Å². The summed E-state index contributed by atoms with van der Waals surface area (Å²) in [4.78, 5) is 15.7. The van der Waals surface area contributed by atoms with Crippen LogP contribution in [0.1, 0.15) is 22.9 Å². The molecule has 176 valence electrons. The Labute approximate surface area is 203 Å². The Kier molecular flexibility index (Phi) is 5.29. The van der Waals surface area contributed by atoms with Crippen LogP contribution in [0.4, 0.5) is 10.5 Å². The number of carbonyl (C=O) groups is 1. The van der Waals surface area contributed by atoms with Crippen molar-refractivity contribution in [1.29, 1.82) is 0 Å². The average molecular weight is 468 g/mol. The van der Waals surface area contributed by atoms with E-state index in [-0.39, 0.29) is 12.1 Å². The van der Waals surface area contributed by atoms with Gasteiger partial charge >= 0.3 is 6.03 Å². The maximum atomic E-state index is 13.8. The van der Waals surface area contributed by atoms with E-state index in [1.807, 2.05) is 71.8 Å². The maximum Gasteiger partial charge on any atom is 0.322 e. The van der Waals surface area contributed by atoms with Crippen LogP contribution in [-0.2, 0) is 6.54 Å². The number of aromatic nitrogens is 1. The van der Waals surface area contributed by atoms with Gasteiger partial charge in [0, 0.05) is 23.6 Å². The third-order valence-electron chi connectivity index (χ3n) is 6.45. The summed E-state index contributed by atoms with van der Waals surface area (Å²) in [6.45, 7) is 1.46. The summed E-state index contributed by atoms with van der Waals surface area (Å²) in [5.74, 6) is 2.09. The summed E-state index contributed by atoms with van der Waals surface area (Å²) in [5, 5.41) is 3.08. The minimum Gasteiger partial charge on any atom is -0.497 e. The fraction of sp³-hybridized carbons (Fsp3) is 0.179. The molecule has 0 radical (unpaired) electrons. The first kappa shape index (κ1) is 21.2. The molecule has 4 aromatic rings. The van der Waals surface area contributed by atoms with E-state index in [2.05, 4.69) is 28.1 Å². The number of para-hydroxylation sites is 1. The zero-order valence-corrected chi connectivity index (χ0v) is 19.3. The third-order valence-corrected chi connectivity index (χ3v) is 6.45. The molecule has 1 N–H and O–H groups in total. The van der Waals surface area contributed by atoms with Crippen LogP contribution in [0.2, 0.25) is 0 Å². The van der Waals surface area contributed by atoms with E-state index in [0.29, 0.717) is 36.9 Å². The Morgan fingerprint density at radius 1 is 0.943 bits per heavy atom. The lowest BCUT2D eigenvalue weighted by Crippen LogP contribution is -2.37. The summed E-state index contributed by atoms with van der Waals surface area (Å²) in [7, 11) is 1.65. The average Bonchev–Trinajstić information content (AvgIpc) is 3.33. The third kappa shape index (κ3) is 3.85. The van der Waals surface area contributed by atoms with Gasteiger partial charge in [0.05, 0.1) is 25.4 Å². The van der Waals surface area contributed by atoms with Gasteiger partial charge in [0.15, 0.2) is 11.5 Å². The molecule has 2 aliphatic rings. The monoisotopic (exact) mass is 467 g/mol. The second-order valence-electron chi connectivity index (χ2n) is 8.52. The summed E-state index contributed by atoms with van der Waals surface area (Å²) >= 11 is 0. The molecule has 0 aliphatic carbocycles. The number of rotatable bonds is 3. The van der Waals surface area contributed by atoms with Crippen LogP contribution in [0.15, 0.2) is 85.1 Å². The molecule has 3 aromatic carbocycles. The van der Waals surface area contributed by atoms with Gasteiger partial charge in [-0.1, -0.05) is 30.3 Å². The second-order valence-corrected chi connectivity index (χ2v) is 8.52. The van der Waals surface area contributed by atoms with E-state index in [0.717, 1.165) is 28.3 Å². The van der Waals surface area contributed by atoms with Crippen molar-refractivity contribution in [2.45, 2.75) is 12.6 Å². The number of benzene rings is 3. The SMILES string of the molecule is COc1ccc([C@H]2c3cccn3-c3ccccc3CN2C(=O)Nc2ccc3c(c2)OCCO3)cc1. The van der Waals surface area contributed by atoms with Crippen LogP contribution in [-0.4, -0.2) is 35.8 Å². The molecular formula is C28H25N3O4. The molecule has 1 aromatic heterocycles. The zero-order valence-electron chi connectivity index (χ0n) is 19.3. The van der Waals surface area contributed by atoms with Crippen molar-refractivity contribution in [3.05, 3.63) is 102 Å². The van der Waals surface area contributed by atoms with Gasteiger partial charge in [-0.3, -0.25) is 0 Å². The van der Waals surface area contributed by atoms with Crippen molar-refractivity contribution in [2.75, 3.05) is 25.6 Å². The molecule has 35 heavy (non-hydrogen) atoms. The van der Waals surface area contributed by atoms with E-state index in [4.69, 9.17) is 14.2 Å². The van der Waals surface area contributed by atoms with Crippen molar-refractivity contribution in [2.24, 2.45) is 0 Å². The van der Waals surface area contributed by atoms with Crippen LogP contribution in [0.25, 0.3) is 5.69 Å². The number of hydrogen-bond donors (Lipinski definition) is 1. The van der Waals surface area contributed by atoms with Crippen LogP contribution in [0.5, 0.6) is 17.2 Å². The Morgan fingerprint density at radius 3 is 2.57 bits per heavy atom. The van der Waals surface area contributed by atoms with Crippen molar-refractivity contribution in [3.63, 3.8) is 0 Å². The number of amides is 2. The van der Waals surface area contributed by atoms with Crippen molar-refractivity contribution >= 4 is 11.7 Å². The van der Waals surface area contributed by atoms with Crippen LogP contribution in [0.3, 0.4) is 0 Å². The molecule has 6 rings (SSSR count). The Morgan fingerprint density at radius 2 is 1.74 bits per heavy atom. The first-order chi connectivity index (χ1) is 17.2. The highest BCUT2D eigenvalue weighted by Gasteiger charge is 2.33. The molecule has 1 atom stereocenters. The minimum atomic E-state index is -0.305. The number of nitrogens with one attached hydrogen (secondary N) is 1. The number of ether oxygens (including phenoxy) is 3. The Bertz CT molecular complexity index is 1380. The van der Waals surface area contributed by atoms with Crippen molar-refractivity contribution in [1.82, 2.24) is 9.47 Å². The molecule has 0 saturated heterocycles. The zero-order chi connectivity index (χ0) is 23.8. The normalized spacial score (nSPS) is 16.0. The fourth-order valence-corrected chi connectivity index (χ4v) is 4.79. The minimum absolute atomic E-state index is 0.202. The van der Waals surface area contributed by atoms with E-state index in [1.165, 1.54) is 0 Å². The number of carbonyl (C=O) groups excluding carboxylic acids is 1. The largest absolute Gasteiger partial charge is 0.497 e. The number of nitrogens with zero attached hydrogens (tertiary/aromatic N) is 2. The van der Waals surface area contributed by atoms with Gasteiger partial charge in [0.1, 0.15) is 19.0 Å². The van der Waals surface area contributed by atoms with Crippen LogP contribution in [0, 0.1) is 0 Å². The number of fused-ring (bicyclic) bond motifs is 4. The van der Waals surface area contributed by atoms with Gasteiger partial charge in [-0.25, -0.2) is 4.79 Å². The first-order valence-electron chi connectivity index (χ1n) is 11.6. The highest BCUT2D eigenvalue weighted by atomic mass is 16.6. The van der Waals surface area contributed by atoms with E-state index < -0.39 is 0 Å². The van der Waals surface area contributed by atoms with Gasteiger partial charge < -0.3 is 29.0 Å². The fourth-order valence-electron chi connectivity index (χ4n) is 4.79. The van der Waals surface area contributed by atoms with E-state index in [9.17, 15) is 4.79 Å². The first-order valence-corrected chi connectivity index (χ1v) is 11.6. The summed E-state index contributed by atoms with van der Waals surface area (Å²) in [5.41, 5.74) is 4.80. The number of urea groups is 1. The summed E-state index contributed by atoms with van der Waals surface area (Å²) < 4.78 is 18.9. The summed E-state index contributed by atoms with van der Waals surface area (Å²) in [6, 6.07) is 25.1. The molecule has 0 spiro atoms. The number of methoxy groups -OCH3 is 1. The highest BCUT2D eigenvalue weighted by Crippen LogP contribution is 2.38. The smallest absolute Gasteiger partial charge is 0.322 e. The van der Waals surface area contributed by atoms with Gasteiger partial charge in [0.25, 0.3) is 0 Å². The Hall–Kier alpha value is -4.39. The van der Waals surface area contributed by atoms with Gasteiger partial charge in [-0.15, -0.1) is 0 Å². The topological polar surface area (TPSA) is 65.0 Å². The lowest BCUT2D eigenvalue weighted by molar-refractivity contribution is 0.171. The predicted octanol–water partition coefficient (Wildman–Crippen LogP) is 5.39. The highest BCUT2D eigenvalue weighted by molar-refractivity contribution is 5.90. The van der Waals surface area contributed by atoms with Gasteiger partial charge in [0.2, 0.25) is 0 Å². The van der Waals surface area contributed by atoms with Crippen molar-refractivity contribution < 1.29 is 19.0 Å². The Balaban J connectivity index is 1.41. The molecule has 2 amide bonds. The predicted molar refractivity (Wildman–Crippen MR) is 133 cm³/mol. The molecule has 2 aliphatic heterocycles. The quantitative estimate of drug-likeness (QED) is 0.439. The van der Waals surface area contributed by atoms with Crippen LogP contribution < -0.4 is 19.5 Å². The van der Waals surface area contributed by atoms with Gasteiger partial charge in [-0.05, 0) is 53.6 Å². The molecule has 7 heteroatoms. The molecule has 0 unspecified atom stereocenters. The second kappa shape index (κ2) is 8.76. The van der Waals surface area contributed by atoms with Crippen LogP contribution >= 0.6 is 0 Å². The standard InChI is InChI=1S/C28H25N3O4/c1-33-22-11-8-19(9-12-22)27-24-7-4-14-30(24)23-6-3-2-5-20(23)18-31(27)28(32)29-21-10-13-25-26(17-21)35-16-15-34-25/h2-14,17,27H,15-16,18H2,1H3,(H,29,32)/t27-/m0/s1. The number of anilines is 1. The molecular weight excluding hydrogens is 442 g/mol. The van der Waals surface area contributed by atoms with E-state index in [1.54, 1.807) is 7.11 Å². The van der Waals surface area contributed by atoms with Crippen molar-refractivity contribution in [3.8, 4) is 22.9 Å². The summed E-state index contributed by atoms with van der Waals surface area (Å²) in [6.07, 6.45) is 2.05. The molecule has 0 fully saturated rings. The number of hydrogen-bond acceptors (Lipinski definition) is 4. The maximum absolute atomic E-state index is 13.8. The molecule has 0 bridgehead atoms. The lowest BCUT2D eigenvalue weighted by atomic mass is 10.0. The van der Waals surface area contributed by atoms with Gasteiger partial charge in [-0.2, -0.15) is 0 Å². The lowest BCUT2D eigenvalue weighted by Gasteiger charge is -2.31. The molecule has 0 saturated carbocycles. The molecule has 3 heterocycles. The molecule has 7 nitrogen and oxygen atoms in total.